The summed E-state index contributed by atoms with van der Waals surface area (Å²) in [5, 5.41) is 3.33. The average molecular weight is 325 g/mol. The van der Waals surface area contributed by atoms with Crippen molar-refractivity contribution in [1.29, 1.82) is 0 Å². The zero-order valence-electron chi connectivity index (χ0n) is 14.9. The molecule has 3 rings (SSSR count). The van der Waals surface area contributed by atoms with E-state index in [2.05, 4.69) is 64.1 Å². The molecule has 5 nitrogen and oxygen atoms in total. The van der Waals surface area contributed by atoms with Gasteiger partial charge < -0.3 is 15.1 Å². The maximum absolute atomic E-state index is 4.65. The summed E-state index contributed by atoms with van der Waals surface area (Å²) < 4.78 is 0. The molecule has 1 fully saturated rings. The van der Waals surface area contributed by atoms with Gasteiger partial charge in [-0.05, 0) is 43.5 Å². The molecule has 1 aliphatic rings. The lowest BCUT2D eigenvalue weighted by molar-refractivity contribution is 0.639. The van der Waals surface area contributed by atoms with Crippen LogP contribution in [0.25, 0.3) is 0 Å². The zero-order chi connectivity index (χ0) is 16.9. The summed E-state index contributed by atoms with van der Waals surface area (Å²) in [5.74, 6) is 1.75. The number of hydrogen-bond donors (Lipinski definition) is 1. The van der Waals surface area contributed by atoms with E-state index in [-0.39, 0.29) is 0 Å². The summed E-state index contributed by atoms with van der Waals surface area (Å²) in [7, 11) is 0. The Morgan fingerprint density at radius 2 is 1.79 bits per heavy atom. The van der Waals surface area contributed by atoms with E-state index < -0.39 is 0 Å². The van der Waals surface area contributed by atoms with E-state index in [4.69, 9.17) is 0 Å². The first-order chi connectivity index (χ1) is 11.7. The maximum atomic E-state index is 4.65. The van der Waals surface area contributed by atoms with Crippen molar-refractivity contribution in [3.8, 4) is 0 Å². The lowest BCUT2D eigenvalue weighted by atomic mass is 10.1. The summed E-state index contributed by atoms with van der Waals surface area (Å²) in [6.45, 7) is 11.4. The van der Waals surface area contributed by atoms with Crippen molar-refractivity contribution >= 4 is 17.5 Å². The van der Waals surface area contributed by atoms with Gasteiger partial charge in [0.15, 0.2) is 0 Å². The molecule has 0 spiro atoms. The third kappa shape index (κ3) is 3.61. The smallest absolute Gasteiger partial charge is 0.227 e. The van der Waals surface area contributed by atoms with Gasteiger partial charge in [0.1, 0.15) is 5.82 Å². The average Bonchev–Trinajstić information content (AvgIpc) is 2.63. The number of hydrogen-bond acceptors (Lipinski definition) is 5. The molecule has 1 aromatic heterocycles. The molecule has 24 heavy (non-hydrogen) atoms. The van der Waals surface area contributed by atoms with Crippen molar-refractivity contribution in [1.82, 2.24) is 9.97 Å². The Bertz CT molecular complexity index is 677. The fourth-order valence-electron chi connectivity index (χ4n) is 3.08. The lowest BCUT2D eigenvalue weighted by Crippen LogP contribution is -2.47. The second-order valence-electron chi connectivity index (χ2n) is 6.36. The number of anilines is 3. The predicted molar refractivity (Wildman–Crippen MR) is 101 cm³/mol. The van der Waals surface area contributed by atoms with E-state index in [0.717, 1.165) is 50.9 Å². The number of nitrogens with zero attached hydrogens (tertiary/aromatic N) is 4. The van der Waals surface area contributed by atoms with Gasteiger partial charge in [0.2, 0.25) is 5.95 Å². The van der Waals surface area contributed by atoms with Crippen molar-refractivity contribution < 1.29 is 0 Å². The largest absolute Gasteiger partial charge is 0.370 e. The van der Waals surface area contributed by atoms with Gasteiger partial charge in [-0.25, -0.2) is 4.98 Å². The summed E-state index contributed by atoms with van der Waals surface area (Å²) in [5.41, 5.74) is 4.09. The van der Waals surface area contributed by atoms with Crippen LogP contribution in [-0.4, -0.2) is 42.7 Å². The van der Waals surface area contributed by atoms with Crippen LogP contribution in [0.4, 0.5) is 17.5 Å². The van der Waals surface area contributed by atoms with Gasteiger partial charge in [-0.3, -0.25) is 0 Å². The molecule has 0 bridgehead atoms. The normalized spacial score (nSPS) is 14.8. The van der Waals surface area contributed by atoms with Crippen molar-refractivity contribution in [2.24, 2.45) is 0 Å². The van der Waals surface area contributed by atoms with E-state index >= 15 is 0 Å². The van der Waals surface area contributed by atoms with E-state index in [9.17, 15) is 0 Å². The van der Waals surface area contributed by atoms with Crippen LogP contribution in [0.15, 0.2) is 30.5 Å². The standard InChI is InChI=1S/C19H27N5/c1-4-9-20-18-8-10-21-19(22-18)24-13-11-23(12-14-24)17-7-5-6-15(2)16(17)3/h5-8,10H,4,9,11-14H2,1-3H3,(H,20,21,22). The molecule has 1 N–H and O–H groups in total. The van der Waals surface area contributed by atoms with E-state index in [1.807, 2.05) is 12.3 Å². The highest BCUT2D eigenvalue weighted by atomic mass is 15.3. The summed E-state index contributed by atoms with van der Waals surface area (Å²) in [6.07, 6.45) is 2.94. The van der Waals surface area contributed by atoms with Crippen LogP contribution in [0.3, 0.4) is 0 Å². The first-order valence-corrected chi connectivity index (χ1v) is 8.82. The molecule has 128 valence electrons. The number of aromatic nitrogens is 2. The van der Waals surface area contributed by atoms with Crippen LogP contribution in [0.2, 0.25) is 0 Å². The van der Waals surface area contributed by atoms with E-state index in [0.29, 0.717) is 0 Å². The number of nitrogens with one attached hydrogen (secondary N) is 1. The van der Waals surface area contributed by atoms with Crippen LogP contribution in [-0.2, 0) is 0 Å². The molecule has 5 heteroatoms. The molecule has 0 unspecified atom stereocenters. The molecule has 0 aliphatic carbocycles. The minimum absolute atomic E-state index is 0.830. The Morgan fingerprint density at radius 1 is 1.04 bits per heavy atom. The Balaban J connectivity index is 1.66. The van der Waals surface area contributed by atoms with Crippen LogP contribution in [0, 0.1) is 13.8 Å². The Morgan fingerprint density at radius 3 is 2.54 bits per heavy atom. The summed E-state index contributed by atoms with van der Waals surface area (Å²) in [6, 6.07) is 8.49. The van der Waals surface area contributed by atoms with Crippen LogP contribution in [0.5, 0.6) is 0 Å². The maximum Gasteiger partial charge on any atom is 0.227 e. The fourth-order valence-corrected chi connectivity index (χ4v) is 3.08. The molecule has 1 saturated heterocycles. The molecule has 0 radical (unpaired) electrons. The topological polar surface area (TPSA) is 44.3 Å². The highest BCUT2D eigenvalue weighted by molar-refractivity contribution is 5.57. The molecule has 0 atom stereocenters. The minimum atomic E-state index is 0.830. The number of rotatable bonds is 5. The first kappa shape index (κ1) is 16.6. The van der Waals surface area contributed by atoms with Gasteiger partial charge in [-0.2, -0.15) is 4.98 Å². The highest BCUT2D eigenvalue weighted by Gasteiger charge is 2.20. The highest BCUT2D eigenvalue weighted by Crippen LogP contribution is 2.24. The monoisotopic (exact) mass is 325 g/mol. The number of piperazine rings is 1. The molecule has 2 aromatic rings. The SMILES string of the molecule is CCCNc1ccnc(N2CCN(c3cccc(C)c3C)CC2)n1. The number of aryl methyl sites for hydroxylation is 1. The molecule has 2 heterocycles. The van der Waals surface area contributed by atoms with Crippen molar-refractivity contribution in [2.75, 3.05) is 47.8 Å². The van der Waals surface area contributed by atoms with Gasteiger partial charge in [-0.15, -0.1) is 0 Å². The Kier molecular flexibility index (Phi) is 5.18. The lowest BCUT2D eigenvalue weighted by Gasteiger charge is -2.37. The van der Waals surface area contributed by atoms with Crippen molar-refractivity contribution in [3.63, 3.8) is 0 Å². The predicted octanol–water partition coefficient (Wildman–Crippen LogP) is 3.24. The molecule has 0 amide bonds. The van der Waals surface area contributed by atoms with Gasteiger partial charge in [0.25, 0.3) is 0 Å². The second-order valence-corrected chi connectivity index (χ2v) is 6.36. The second kappa shape index (κ2) is 7.51. The van der Waals surface area contributed by atoms with Gasteiger partial charge >= 0.3 is 0 Å². The van der Waals surface area contributed by atoms with Gasteiger partial charge in [-0.1, -0.05) is 19.1 Å². The third-order valence-electron chi connectivity index (χ3n) is 4.68. The van der Waals surface area contributed by atoms with Gasteiger partial charge in [0, 0.05) is 44.6 Å². The minimum Gasteiger partial charge on any atom is -0.370 e. The quantitative estimate of drug-likeness (QED) is 0.914. The van der Waals surface area contributed by atoms with Gasteiger partial charge in [0.05, 0.1) is 0 Å². The molecular formula is C19H27N5. The third-order valence-corrected chi connectivity index (χ3v) is 4.68. The zero-order valence-corrected chi connectivity index (χ0v) is 14.9. The fraction of sp³-hybridized carbons (Fsp3) is 0.474. The Labute approximate surface area is 144 Å². The van der Waals surface area contributed by atoms with Crippen molar-refractivity contribution in [2.45, 2.75) is 27.2 Å². The molecular weight excluding hydrogens is 298 g/mol. The van der Waals surface area contributed by atoms with Crippen LogP contribution < -0.4 is 15.1 Å². The number of benzene rings is 1. The van der Waals surface area contributed by atoms with Crippen LogP contribution >= 0.6 is 0 Å². The summed E-state index contributed by atoms with van der Waals surface area (Å²) >= 11 is 0. The molecule has 1 aromatic carbocycles. The van der Waals surface area contributed by atoms with Crippen molar-refractivity contribution in [3.05, 3.63) is 41.6 Å². The Hall–Kier alpha value is -2.30. The molecule has 0 saturated carbocycles. The van der Waals surface area contributed by atoms with E-state index in [1.165, 1.54) is 16.8 Å². The first-order valence-electron chi connectivity index (χ1n) is 8.82. The molecule has 1 aliphatic heterocycles. The van der Waals surface area contributed by atoms with E-state index in [1.54, 1.807) is 0 Å². The summed E-state index contributed by atoms with van der Waals surface area (Å²) in [4.78, 5) is 13.9. The van der Waals surface area contributed by atoms with Crippen LogP contribution in [0.1, 0.15) is 24.5 Å².